The lowest BCUT2D eigenvalue weighted by atomic mass is 9.91. The van der Waals surface area contributed by atoms with E-state index in [9.17, 15) is 0 Å². The number of rotatable bonds is 6. The summed E-state index contributed by atoms with van der Waals surface area (Å²) in [4.78, 5) is 10.2. The van der Waals surface area contributed by atoms with E-state index in [0.717, 1.165) is 33.6 Å². The molecule has 11 aromatic rings. The Labute approximate surface area is 348 Å². The Morgan fingerprint density at radius 1 is 0.233 bits per heavy atom. The second-order valence-electron chi connectivity index (χ2n) is 15.7. The topological polar surface area (TPSA) is 25.8 Å². The summed E-state index contributed by atoms with van der Waals surface area (Å²) in [6.45, 7) is 0. The number of benzene rings is 10. The molecule has 0 saturated heterocycles. The van der Waals surface area contributed by atoms with E-state index in [2.05, 4.69) is 200 Å². The number of nitrogens with zero attached hydrogens (tertiary/aromatic N) is 2. The van der Waals surface area contributed by atoms with Crippen LogP contribution in [0.5, 0.6) is 0 Å². The van der Waals surface area contributed by atoms with Crippen molar-refractivity contribution in [1.29, 1.82) is 0 Å². The van der Waals surface area contributed by atoms with Crippen LogP contribution < -0.4 is 0 Å². The Bertz CT molecular complexity index is 3430. The Hall–Kier alpha value is -7.94. The minimum atomic E-state index is 0.712. The lowest BCUT2D eigenvalue weighted by molar-refractivity contribution is 1.18. The van der Waals surface area contributed by atoms with Crippen molar-refractivity contribution < 1.29 is 0 Å². The Morgan fingerprint density at radius 2 is 0.767 bits per heavy atom. The van der Waals surface area contributed by atoms with Gasteiger partial charge >= 0.3 is 0 Å². The molecule has 10 aromatic carbocycles. The fraction of sp³-hybridized carbons (Fsp3) is 0. The first-order chi connectivity index (χ1) is 29.7. The molecule has 2 heteroatoms. The van der Waals surface area contributed by atoms with E-state index < -0.39 is 0 Å². The summed E-state index contributed by atoms with van der Waals surface area (Å²) < 4.78 is 0. The molecule has 0 bridgehead atoms. The van der Waals surface area contributed by atoms with E-state index in [0.29, 0.717) is 5.82 Å². The van der Waals surface area contributed by atoms with E-state index in [1.807, 2.05) is 18.2 Å². The molecule has 0 fully saturated rings. The van der Waals surface area contributed by atoms with Crippen LogP contribution in [0.4, 0.5) is 0 Å². The van der Waals surface area contributed by atoms with Crippen molar-refractivity contribution in [2.75, 3.05) is 0 Å². The minimum absolute atomic E-state index is 0.712. The Kier molecular flexibility index (Phi) is 7.89. The van der Waals surface area contributed by atoms with Gasteiger partial charge < -0.3 is 0 Å². The molecule has 60 heavy (non-hydrogen) atoms. The average molecular weight is 761 g/mol. The van der Waals surface area contributed by atoms with Crippen LogP contribution in [0.15, 0.2) is 218 Å². The van der Waals surface area contributed by atoms with Gasteiger partial charge in [0.25, 0.3) is 0 Å². The van der Waals surface area contributed by atoms with Crippen molar-refractivity contribution in [1.82, 2.24) is 9.97 Å². The smallest absolute Gasteiger partial charge is 0.160 e. The predicted octanol–water partition coefficient (Wildman–Crippen LogP) is 15.6. The van der Waals surface area contributed by atoms with Crippen LogP contribution in [0.1, 0.15) is 0 Å². The summed E-state index contributed by atoms with van der Waals surface area (Å²) in [5.74, 6) is 0.712. The van der Waals surface area contributed by atoms with E-state index >= 15 is 0 Å². The largest absolute Gasteiger partial charge is 0.228 e. The van der Waals surface area contributed by atoms with Gasteiger partial charge in [-0.05, 0) is 112 Å². The van der Waals surface area contributed by atoms with Crippen LogP contribution in [-0.2, 0) is 0 Å². The van der Waals surface area contributed by atoms with Gasteiger partial charge in [-0.3, -0.25) is 0 Å². The summed E-state index contributed by atoms with van der Waals surface area (Å²) >= 11 is 0. The van der Waals surface area contributed by atoms with Gasteiger partial charge in [0.1, 0.15) is 0 Å². The summed E-state index contributed by atoms with van der Waals surface area (Å²) in [6.07, 6.45) is 0. The maximum absolute atomic E-state index is 5.12. The molecule has 1 heterocycles. The second-order valence-corrected chi connectivity index (χ2v) is 15.7. The zero-order valence-electron chi connectivity index (χ0n) is 32.7. The third-order valence-electron chi connectivity index (χ3n) is 12.2. The maximum atomic E-state index is 5.12. The molecule has 0 saturated carbocycles. The standard InChI is InChI=1S/C58H36N2/c1-2-12-42(13-3-1)58-59-55(36-56(60-58)45-30-23-37-11-4-5-14-43(37)33-45)41-28-26-40(27-29-41)54-35-46(34-44-15-6-7-16-47(44)54)38-21-24-39(25-22-38)48-31-32-53-50-18-9-8-17-49(50)52-20-10-19-51(48)57(52)53/h1-36H. The molecular weight excluding hydrogens is 725 g/mol. The van der Waals surface area contributed by atoms with Gasteiger partial charge in [-0.15, -0.1) is 0 Å². The molecule has 1 aliphatic rings. The van der Waals surface area contributed by atoms with E-state index in [1.54, 1.807) is 0 Å². The third kappa shape index (κ3) is 5.73. The molecule has 0 spiro atoms. The van der Waals surface area contributed by atoms with Gasteiger partial charge in [-0.2, -0.15) is 0 Å². The molecule has 0 radical (unpaired) electrons. The zero-order valence-corrected chi connectivity index (χ0v) is 32.7. The van der Waals surface area contributed by atoms with Gasteiger partial charge in [-0.25, -0.2) is 9.97 Å². The lowest BCUT2D eigenvalue weighted by Gasteiger charge is -2.14. The zero-order chi connectivity index (χ0) is 39.6. The van der Waals surface area contributed by atoms with E-state index in [1.165, 1.54) is 82.4 Å². The molecule has 278 valence electrons. The highest BCUT2D eigenvalue weighted by Gasteiger charge is 2.22. The van der Waals surface area contributed by atoms with Crippen molar-refractivity contribution in [3.8, 4) is 89.5 Å². The molecule has 0 amide bonds. The van der Waals surface area contributed by atoms with Gasteiger partial charge in [0, 0.05) is 16.7 Å². The molecule has 0 atom stereocenters. The Balaban J connectivity index is 0.909. The highest BCUT2D eigenvalue weighted by Crippen LogP contribution is 2.49. The molecule has 12 rings (SSSR count). The van der Waals surface area contributed by atoms with Crippen molar-refractivity contribution >= 4 is 32.3 Å². The van der Waals surface area contributed by atoms with Crippen LogP contribution in [-0.4, -0.2) is 9.97 Å². The van der Waals surface area contributed by atoms with Crippen molar-refractivity contribution in [2.45, 2.75) is 0 Å². The average Bonchev–Trinajstić information content (AvgIpc) is 3.66. The second kappa shape index (κ2) is 13.9. The van der Waals surface area contributed by atoms with Crippen LogP contribution in [0.2, 0.25) is 0 Å². The number of aromatic nitrogens is 2. The van der Waals surface area contributed by atoms with Gasteiger partial charge in [-0.1, -0.05) is 194 Å². The normalized spacial score (nSPS) is 11.7. The Morgan fingerprint density at radius 3 is 1.55 bits per heavy atom. The summed E-state index contributed by atoms with van der Waals surface area (Å²) in [5.41, 5.74) is 17.4. The highest BCUT2D eigenvalue weighted by molar-refractivity contribution is 6.18. The molecule has 0 aliphatic heterocycles. The first-order valence-electron chi connectivity index (χ1n) is 20.6. The first-order valence-corrected chi connectivity index (χ1v) is 20.6. The molecule has 0 unspecified atom stereocenters. The van der Waals surface area contributed by atoms with Gasteiger partial charge in [0.05, 0.1) is 11.4 Å². The summed E-state index contributed by atoms with van der Waals surface area (Å²) in [6, 6.07) is 78.8. The van der Waals surface area contributed by atoms with Crippen LogP contribution >= 0.6 is 0 Å². The van der Waals surface area contributed by atoms with Crippen LogP contribution in [0.25, 0.3) is 122 Å². The predicted molar refractivity (Wildman–Crippen MR) is 252 cm³/mol. The number of hydrogen-bond acceptors (Lipinski definition) is 2. The van der Waals surface area contributed by atoms with Gasteiger partial charge in [0.2, 0.25) is 0 Å². The van der Waals surface area contributed by atoms with Crippen LogP contribution in [0, 0.1) is 0 Å². The fourth-order valence-electron chi connectivity index (χ4n) is 9.25. The fourth-order valence-corrected chi connectivity index (χ4v) is 9.25. The molecular formula is C58H36N2. The van der Waals surface area contributed by atoms with Crippen molar-refractivity contribution in [3.63, 3.8) is 0 Å². The number of hydrogen-bond donors (Lipinski definition) is 0. The van der Waals surface area contributed by atoms with Crippen LogP contribution in [0.3, 0.4) is 0 Å². The van der Waals surface area contributed by atoms with E-state index in [-0.39, 0.29) is 0 Å². The van der Waals surface area contributed by atoms with E-state index in [4.69, 9.17) is 9.97 Å². The summed E-state index contributed by atoms with van der Waals surface area (Å²) in [5, 5.41) is 7.50. The maximum Gasteiger partial charge on any atom is 0.160 e. The lowest BCUT2D eigenvalue weighted by Crippen LogP contribution is -1.96. The quantitative estimate of drug-likeness (QED) is 0.169. The molecule has 0 N–H and O–H groups in total. The SMILES string of the molecule is c1ccc(-c2nc(-c3ccc(-c4cc(-c5ccc(-c6ccc7c8c(cccc68)-c6ccccc6-7)cc5)cc5ccccc45)cc3)cc(-c3ccc4ccccc4c3)n2)cc1. The first kappa shape index (κ1) is 34.1. The minimum Gasteiger partial charge on any atom is -0.228 e. The number of fused-ring (bicyclic) bond motifs is 5. The third-order valence-corrected chi connectivity index (χ3v) is 12.2. The molecule has 2 nitrogen and oxygen atoms in total. The van der Waals surface area contributed by atoms with Gasteiger partial charge in [0.15, 0.2) is 5.82 Å². The molecule has 1 aliphatic carbocycles. The monoisotopic (exact) mass is 760 g/mol. The highest BCUT2D eigenvalue weighted by atomic mass is 14.9. The molecule has 1 aromatic heterocycles. The summed E-state index contributed by atoms with van der Waals surface area (Å²) in [7, 11) is 0. The van der Waals surface area contributed by atoms with Crippen molar-refractivity contribution in [2.24, 2.45) is 0 Å². The van der Waals surface area contributed by atoms with Crippen molar-refractivity contribution in [3.05, 3.63) is 218 Å².